The van der Waals surface area contributed by atoms with E-state index >= 15 is 0 Å². The summed E-state index contributed by atoms with van der Waals surface area (Å²) in [4.78, 5) is 46.9. The van der Waals surface area contributed by atoms with Crippen molar-refractivity contribution in [3.63, 3.8) is 0 Å². The van der Waals surface area contributed by atoms with Crippen LogP contribution in [-0.2, 0) is 57.1 Å². The molecule has 28 heteroatoms. The van der Waals surface area contributed by atoms with Gasteiger partial charge in [-0.2, -0.15) is 0 Å². The van der Waals surface area contributed by atoms with E-state index in [9.17, 15) is 60.0 Å². The molecule has 3 amide bonds. The Balaban J connectivity index is 0.000000427. The zero-order valence-electron chi connectivity index (χ0n) is 35.3. The third-order valence-electron chi connectivity index (χ3n) is 9.69. The third kappa shape index (κ3) is 16.6. The molecule has 10 unspecified atom stereocenters. The van der Waals surface area contributed by atoms with Gasteiger partial charge in [-0.25, -0.2) is 4.79 Å². The van der Waals surface area contributed by atoms with Crippen molar-refractivity contribution in [2.45, 2.75) is 137 Å². The number of carbonyl (C=O) groups is 4. The average Bonchev–Trinajstić information content (AvgIpc) is 3.25. The Kier molecular flexibility index (Phi) is 26.1. The first-order valence-electron chi connectivity index (χ1n) is 19.6. The van der Waals surface area contributed by atoms with E-state index in [1.807, 2.05) is 0 Å². The number of amides is 3. The molecule has 0 bridgehead atoms. The smallest absolute Gasteiger partial charge is 0.333 e. The summed E-state index contributed by atoms with van der Waals surface area (Å²) in [7, 11) is 6.74. The summed E-state index contributed by atoms with van der Waals surface area (Å²) in [6, 6.07) is -2.10. The Labute approximate surface area is 370 Å². The number of rotatable bonds is 18. The first-order valence-corrected chi connectivity index (χ1v) is 22.1. The van der Waals surface area contributed by atoms with Crippen molar-refractivity contribution in [3.05, 3.63) is 0 Å². The average molecular weight is 957 g/mol. The molecular formula is C35H64N4O22S2. The van der Waals surface area contributed by atoms with Gasteiger partial charge in [0, 0.05) is 72.6 Å². The van der Waals surface area contributed by atoms with Crippen LogP contribution in [0.4, 0.5) is 0 Å². The molecule has 4 rings (SSSR count). The van der Waals surface area contributed by atoms with E-state index in [4.69, 9.17) is 53.8 Å². The van der Waals surface area contributed by atoms with Crippen molar-refractivity contribution >= 4 is 45.3 Å². The maximum atomic E-state index is 12.5. The van der Waals surface area contributed by atoms with Crippen LogP contribution in [0.5, 0.6) is 0 Å². The molecule has 15 N–H and O–H groups in total. The van der Waals surface area contributed by atoms with Gasteiger partial charge in [0.25, 0.3) is 0 Å². The summed E-state index contributed by atoms with van der Waals surface area (Å²) in [6.45, 7) is 2.22. The van der Waals surface area contributed by atoms with Gasteiger partial charge < -0.3 is 111 Å². The molecular weight excluding hydrogens is 893 g/mol. The minimum Gasteiger partial charge on any atom is -0.479 e. The number of hydrogen-bond acceptors (Lipinski definition) is 24. The molecule has 368 valence electrons. The van der Waals surface area contributed by atoms with Gasteiger partial charge in [0.15, 0.2) is 31.3 Å². The number of carboxylic acids is 1. The summed E-state index contributed by atoms with van der Waals surface area (Å²) in [5, 5.41) is 105. The molecule has 26 nitrogen and oxygen atoms in total. The zero-order valence-corrected chi connectivity index (χ0v) is 36.9. The summed E-state index contributed by atoms with van der Waals surface area (Å²) in [6.07, 6.45) is -22.0. The van der Waals surface area contributed by atoms with Gasteiger partial charge in [0.1, 0.15) is 67.0 Å². The highest BCUT2D eigenvalue weighted by Gasteiger charge is 2.52. The van der Waals surface area contributed by atoms with Crippen LogP contribution in [0.1, 0.15) is 26.7 Å². The predicted molar refractivity (Wildman–Crippen MR) is 216 cm³/mol. The minimum atomic E-state index is -1.61. The van der Waals surface area contributed by atoms with Crippen LogP contribution in [0.15, 0.2) is 0 Å². The van der Waals surface area contributed by atoms with Crippen LogP contribution in [-0.4, -0.2) is 244 Å². The number of carboxylic acid groups (broad SMARTS) is 1. The van der Waals surface area contributed by atoms with E-state index in [-0.39, 0.29) is 12.8 Å². The second-order valence-corrected chi connectivity index (χ2v) is 16.9. The number of nitrogens with two attached hydrogens (primary N) is 1. The Bertz CT molecular complexity index is 1390. The van der Waals surface area contributed by atoms with Crippen LogP contribution in [0.25, 0.3) is 0 Å². The van der Waals surface area contributed by atoms with Crippen molar-refractivity contribution in [1.82, 2.24) is 16.0 Å². The normalized spacial score (nSPS) is 37.8. The molecule has 18 atom stereocenters. The molecule has 4 heterocycles. The number of hydrogen-bond donors (Lipinski definition) is 14. The monoisotopic (exact) mass is 956 g/mol. The highest BCUT2D eigenvalue weighted by molar-refractivity contribution is 8.76. The van der Waals surface area contributed by atoms with Gasteiger partial charge in [-0.1, -0.05) is 21.6 Å². The van der Waals surface area contributed by atoms with Gasteiger partial charge in [-0.15, -0.1) is 0 Å². The van der Waals surface area contributed by atoms with Crippen LogP contribution < -0.4 is 21.7 Å². The van der Waals surface area contributed by atoms with E-state index in [0.717, 1.165) is 12.9 Å². The molecule has 0 aromatic carbocycles. The molecule has 0 aliphatic carbocycles. The van der Waals surface area contributed by atoms with Crippen LogP contribution in [0.3, 0.4) is 0 Å². The lowest BCUT2D eigenvalue weighted by Gasteiger charge is -2.46. The van der Waals surface area contributed by atoms with Crippen LogP contribution in [0, 0.1) is 0 Å². The summed E-state index contributed by atoms with van der Waals surface area (Å²) < 4.78 is 43.3. The lowest BCUT2D eigenvalue weighted by atomic mass is 9.95. The Morgan fingerprint density at radius 1 is 0.651 bits per heavy atom. The van der Waals surface area contributed by atoms with E-state index in [2.05, 4.69) is 16.0 Å². The maximum Gasteiger partial charge on any atom is 0.333 e. The number of aliphatic carboxylic acids is 1. The van der Waals surface area contributed by atoms with Gasteiger partial charge in [-0.3, -0.25) is 14.4 Å². The number of aliphatic hydroxyl groups excluding tert-OH is 9. The maximum absolute atomic E-state index is 12.5. The molecule has 0 aromatic rings. The fourth-order valence-corrected chi connectivity index (χ4v) is 8.44. The van der Waals surface area contributed by atoms with Crippen molar-refractivity contribution < 1.29 is 108 Å². The number of nitrogens with one attached hydrogen (secondary N) is 3. The molecule has 4 saturated heterocycles. The molecule has 0 spiro atoms. The topological polar surface area (TPSA) is 407 Å². The van der Waals surface area contributed by atoms with Gasteiger partial charge >= 0.3 is 5.97 Å². The summed E-state index contributed by atoms with van der Waals surface area (Å²) in [5.74, 6) is -1.37. The number of aliphatic hydroxyl groups is 9. The standard InChI is InChI=1S/C19H35N3O10S2.C15H25NO11.CH4O/c1-9(24)22-13-16(15(27)12(8-23)31-18(13)29-2)32-19-14(26)10(25)7-11(30-19)17(28)21-4-6-34-33-5-3-20;1-5(18)16-9-12(11(21)8(4-17)26-14(9)24-2)27-15-10(20)6(19)3-7(25-15)13(22)23;1-2/h10-16,18-19,23,25-27H,3-8,20H2,1-2H3,(H,21,28)(H,22,24);6-12,14-15,17,19-21H,3-4H2,1-2H3,(H,16,18)(H,22,23);2H,1H3/t10-,11?,12?,13-,14-,15?,16+,18?,19?;6-,7?,8?,9-,10-,11?,12+,14?,15?;/m00./s1. The highest BCUT2D eigenvalue weighted by Crippen LogP contribution is 2.31. The Morgan fingerprint density at radius 2 is 1.06 bits per heavy atom. The molecule has 0 saturated carbocycles. The highest BCUT2D eigenvalue weighted by atomic mass is 33.1. The molecule has 63 heavy (non-hydrogen) atoms. The largest absolute Gasteiger partial charge is 0.479 e. The fourth-order valence-electron chi connectivity index (χ4n) is 6.67. The fraction of sp³-hybridized carbons (Fsp3) is 0.886. The number of methoxy groups -OCH3 is 2. The second-order valence-electron chi connectivity index (χ2n) is 14.2. The van der Waals surface area contributed by atoms with E-state index in [1.165, 1.54) is 28.1 Å². The van der Waals surface area contributed by atoms with Gasteiger partial charge in [0.05, 0.1) is 25.4 Å². The first kappa shape index (κ1) is 57.0. The van der Waals surface area contributed by atoms with Crippen molar-refractivity contribution in [3.8, 4) is 0 Å². The van der Waals surface area contributed by atoms with E-state index < -0.39 is 147 Å². The molecule has 4 fully saturated rings. The van der Waals surface area contributed by atoms with Crippen LogP contribution in [0.2, 0.25) is 0 Å². The van der Waals surface area contributed by atoms with E-state index in [0.29, 0.717) is 18.8 Å². The van der Waals surface area contributed by atoms with Gasteiger partial charge in [0.2, 0.25) is 17.7 Å². The molecule has 4 aliphatic rings. The summed E-state index contributed by atoms with van der Waals surface area (Å²) >= 11 is 0. The Hall–Kier alpha value is -2.14. The zero-order chi connectivity index (χ0) is 47.6. The van der Waals surface area contributed by atoms with E-state index in [1.54, 1.807) is 21.6 Å². The van der Waals surface area contributed by atoms with Gasteiger partial charge in [-0.05, 0) is 0 Å². The molecule has 0 radical (unpaired) electrons. The third-order valence-corrected chi connectivity index (χ3v) is 12.1. The minimum absolute atomic E-state index is 0.159. The number of carbonyl (C=O) groups excluding carboxylic acids is 3. The predicted octanol–water partition coefficient (Wildman–Crippen LogP) is -6.98. The van der Waals surface area contributed by atoms with Crippen molar-refractivity contribution in [2.75, 3.05) is 59.1 Å². The van der Waals surface area contributed by atoms with Crippen molar-refractivity contribution in [1.29, 1.82) is 0 Å². The lowest BCUT2D eigenvalue weighted by molar-refractivity contribution is -0.326. The Morgan fingerprint density at radius 3 is 1.44 bits per heavy atom. The number of ether oxygens (including phenoxy) is 8. The second kappa shape index (κ2) is 28.8. The lowest BCUT2D eigenvalue weighted by Crippen LogP contribution is -2.67. The van der Waals surface area contributed by atoms with Crippen molar-refractivity contribution in [2.24, 2.45) is 5.73 Å². The summed E-state index contributed by atoms with van der Waals surface area (Å²) in [5.41, 5.74) is 5.43. The van der Waals surface area contributed by atoms with Crippen LogP contribution >= 0.6 is 21.6 Å². The first-order chi connectivity index (χ1) is 29.9. The quantitative estimate of drug-likeness (QED) is 0.0448. The molecule has 4 aliphatic heterocycles. The SMILES string of the molecule is CO.COC1OC(CO)C(O)[C@H](OC2OC(C(=O)NCCSSCCN)C[C@H](O)[C@@H]2O)[C@@H]1NC(C)=O.COC1OC(CO)C(O)[C@H](OC2OC(C(=O)O)C[C@H](O)[C@@H]2O)[C@@H]1NC(C)=O. The molecule has 0 aromatic heterocycles.